The van der Waals surface area contributed by atoms with Gasteiger partial charge in [-0.2, -0.15) is 0 Å². The number of carboxylic acid groups (broad SMARTS) is 1. The maximum Gasteiger partial charge on any atom is 0.346 e. The highest BCUT2D eigenvalue weighted by Gasteiger charge is 2.14. The van der Waals surface area contributed by atoms with Crippen LogP contribution in [-0.4, -0.2) is 11.1 Å². The molecule has 0 bridgehead atoms. The van der Waals surface area contributed by atoms with Crippen molar-refractivity contribution in [3.63, 3.8) is 0 Å². The molecule has 0 amide bonds. The molecule has 0 fully saturated rings. The van der Waals surface area contributed by atoms with Gasteiger partial charge < -0.3 is 5.11 Å². The van der Waals surface area contributed by atoms with Crippen LogP contribution >= 0.6 is 11.3 Å². The molecule has 1 heterocycles. The van der Waals surface area contributed by atoms with E-state index in [2.05, 4.69) is 0 Å². The lowest BCUT2D eigenvalue weighted by Crippen LogP contribution is -2.08. The first kappa shape index (κ1) is 12.8. The summed E-state index contributed by atoms with van der Waals surface area (Å²) in [5.74, 6) is -0.808. The van der Waals surface area contributed by atoms with E-state index in [1.165, 1.54) is 17.4 Å². The van der Waals surface area contributed by atoms with Gasteiger partial charge in [-0.25, -0.2) is 4.79 Å². The monoisotopic (exact) mass is 262 g/mol. The second-order valence-electron chi connectivity index (χ2n) is 4.61. The van der Waals surface area contributed by atoms with Gasteiger partial charge in [0.1, 0.15) is 4.88 Å². The Balaban J connectivity index is 2.94. The Morgan fingerprint density at radius 2 is 2.00 bits per heavy atom. The summed E-state index contributed by atoms with van der Waals surface area (Å²) in [7, 11) is 0. The zero-order chi connectivity index (χ0) is 13.4. The molecule has 0 aliphatic carbocycles. The smallest absolute Gasteiger partial charge is 0.346 e. The highest BCUT2D eigenvalue weighted by molar-refractivity contribution is 7.20. The molecule has 0 aliphatic heterocycles. The van der Waals surface area contributed by atoms with Gasteiger partial charge in [-0.1, -0.05) is 26.0 Å². The van der Waals surface area contributed by atoms with Crippen LogP contribution in [0.3, 0.4) is 0 Å². The SMILES string of the molecule is Cc1ccc(C(C)C)c2c(=O)cc(C(=O)O)sc12. The van der Waals surface area contributed by atoms with E-state index in [0.717, 1.165) is 15.8 Å². The number of rotatable bonds is 2. The molecule has 2 aromatic rings. The van der Waals surface area contributed by atoms with Crippen molar-refractivity contribution in [3.05, 3.63) is 44.4 Å². The minimum Gasteiger partial charge on any atom is -0.477 e. The molecule has 0 saturated heterocycles. The van der Waals surface area contributed by atoms with Crippen molar-refractivity contribution in [1.29, 1.82) is 0 Å². The molecule has 2 rings (SSSR count). The third-order valence-corrected chi connectivity index (χ3v) is 4.18. The minimum atomic E-state index is -1.05. The zero-order valence-electron chi connectivity index (χ0n) is 10.5. The topological polar surface area (TPSA) is 54.4 Å². The summed E-state index contributed by atoms with van der Waals surface area (Å²) in [6, 6.07) is 5.12. The molecular formula is C14H14O3S. The molecule has 1 N–H and O–H groups in total. The van der Waals surface area contributed by atoms with Crippen molar-refractivity contribution in [1.82, 2.24) is 0 Å². The predicted octanol–water partition coefficient (Wildman–Crippen LogP) is 3.39. The number of aromatic carboxylic acids is 1. The van der Waals surface area contributed by atoms with Gasteiger partial charge >= 0.3 is 5.97 Å². The number of carbonyl (C=O) groups is 1. The number of carboxylic acids is 1. The Morgan fingerprint density at radius 1 is 1.33 bits per heavy atom. The van der Waals surface area contributed by atoms with Crippen LogP contribution in [0.2, 0.25) is 0 Å². The van der Waals surface area contributed by atoms with Crippen molar-refractivity contribution >= 4 is 27.4 Å². The van der Waals surface area contributed by atoms with Gasteiger partial charge in [0.2, 0.25) is 0 Å². The molecule has 94 valence electrons. The Morgan fingerprint density at radius 3 is 2.56 bits per heavy atom. The second kappa shape index (κ2) is 4.53. The van der Waals surface area contributed by atoms with Crippen molar-refractivity contribution in [2.24, 2.45) is 0 Å². The molecule has 0 atom stereocenters. The molecule has 0 unspecified atom stereocenters. The summed E-state index contributed by atoms with van der Waals surface area (Å²) in [5.41, 5.74) is 1.72. The van der Waals surface area contributed by atoms with E-state index >= 15 is 0 Å². The number of fused-ring (bicyclic) bond motifs is 1. The van der Waals surface area contributed by atoms with Gasteiger partial charge in [0.15, 0.2) is 5.43 Å². The molecule has 4 heteroatoms. The second-order valence-corrected chi connectivity index (χ2v) is 5.66. The maximum atomic E-state index is 12.1. The first-order valence-electron chi connectivity index (χ1n) is 5.72. The van der Waals surface area contributed by atoms with Gasteiger partial charge in [0.25, 0.3) is 0 Å². The van der Waals surface area contributed by atoms with Gasteiger partial charge in [-0.3, -0.25) is 4.79 Å². The Kier molecular flexibility index (Phi) is 3.22. The highest BCUT2D eigenvalue weighted by atomic mass is 32.1. The van der Waals surface area contributed by atoms with Crippen molar-refractivity contribution in [3.8, 4) is 0 Å². The van der Waals surface area contributed by atoms with Crippen molar-refractivity contribution in [2.75, 3.05) is 0 Å². The lowest BCUT2D eigenvalue weighted by molar-refractivity contribution is 0.0702. The first-order valence-corrected chi connectivity index (χ1v) is 6.54. The Labute approximate surface area is 109 Å². The van der Waals surface area contributed by atoms with Gasteiger partial charge in [0.05, 0.1) is 0 Å². The van der Waals surface area contributed by atoms with Gasteiger partial charge in [-0.15, -0.1) is 11.3 Å². The fourth-order valence-electron chi connectivity index (χ4n) is 2.00. The minimum absolute atomic E-state index is 0.0940. The lowest BCUT2D eigenvalue weighted by atomic mass is 9.97. The van der Waals surface area contributed by atoms with E-state index in [4.69, 9.17) is 5.11 Å². The third-order valence-electron chi connectivity index (χ3n) is 2.94. The normalized spacial score (nSPS) is 11.1. The first-order chi connectivity index (χ1) is 8.41. The number of hydrogen-bond acceptors (Lipinski definition) is 3. The van der Waals surface area contributed by atoms with Crippen LogP contribution in [0.5, 0.6) is 0 Å². The van der Waals surface area contributed by atoms with E-state index < -0.39 is 5.97 Å². The third kappa shape index (κ3) is 2.04. The average molecular weight is 262 g/mol. The van der Waals surface area contributed by atoms with Crippen LogP contribution in [0.15, 0.2) is 23.0 Å². The molecule has 3 nitrogen and oxygen atoms in total. The molecule has 0 aliphatic rings. The summed E-state index contributed by atoms with van der Waals surface area (Å²) in [6.45, 7) is 5.95. The summed E-state index contributed by atoms with van der Waals surface area (Å²) in [5, 5.41) is 9.68. The standard InChI is InChI=1S/C14H14O3S/c1-7(2)9-5-4-8(3)13-12(9)10(15)6-11(18-13)14(16)17/h4-7H,1-3H3,(H,16,17). The van der Waals surface area contributed by atoms with E-state index in [1.807, 2.05) is 32.9 Å². The summed E-state index contributed by atoms with van der Waals surface area (Å²) in [4.78, 5) is 23.2. The van der Waals surface area contributed by atoms with Crippen molar-refractivity contribution < 1.29 is 9.90 Å². The average Bonchev–Trinajstić information content (AvgIpc) is 2.29. The van der Waals surface area contributed by atoms with Crippen LogP contribution in [-0.2, 0) is 0 Å². The molecule has 1 aromatic heterocycles. The van der Waals surface area contributed by atoms with Crippen LogP contribution in [0.1, 0.15) is 40.6 Å². The van der Waals surface area contributed by atoms with E-state index in [-0.39, 0.29) is 16.2 Å². The fraction of sp³-hybridized carbons (Fsp3) is 0.286. The fourth-order valence-corrected chi connectivity index (χ4v) is 3.03. The quantitative estimate of drug-likeness (QED) is 0.902. The van der Waals surface area contributed by atoms with Crippen LogP contribution in [0.25, 0.3) is 10.1 Å². The largest absolute Gasteiger partial charge is 0.477 e. The van der Waals surface area contributed by atoms with Crippen LogP contribution in [0, 0.1) is 6.92 Å². The Bertz CT molecular complexity index is 683. The number of hydrogen-bond donors (Lipinski definition) is 1. The van der Waals surface area contributed by atoms with Crippen LogP contribution in [0.4, 0.5) is 0 Å². The molecule has 0 saturated carbocycles. The van der Waals surface area contributed by atoms with Crippen LogP contribution < -0.4 is 5.43 Å². The number of aryl methyl sites for hydroxylation is 1. The molecule has 1 aromatic carbocycles. The zero-order valence-corrected chi connectivity index (χ0v) is 11.3. The molecule has 18 heavy (non-hydrogen) atoms. The molecule has 0 radical (unpaired) electrons. The summed E-state index contributed by atoms with van der Waals surface area (Å²) in [6.07, 6.45) is 0. The number of benzene rings is 1. The van der Waals surface area contributed by atoms with Gasteiger partial charge in [0, 0.05) is 16.2 Å². The summed E-state index contributed by atoms with van der Waals surface area (Å²) >= 11 is 1.17. The molecular weight excluding hydrogens is 248 g/mol. The van der Waals surface area contributed by atoms with Gasteiger partial charge in [-0.05, 0) is 24.0 Å². The maximum absolute atomic E-state index is 12.1. The highest BCUT2D eigenvalue weighted by Crippen LogP contribution is 2.29. The Hall–Kier alpha value is -1.68. The molecule has 0 spiro atoms. The summed E-state index contributed by atoms with van der Waals surface area (Å²) < 4.78 is 0.783. The van der Waals surface area contributed by atoms with E-state index in [0.29, 0.717) is 5.39 Å². The van der Waals surface area contributed by atoms with E-state index in [1.54, 1.807) is 0 Å². The van der Waals surface area contributed by atoms with E-state index in [9.17, 15) is 9.59 Å². The lowest BCUT2D eigenvalue weighted by Gasteiger charge is -2.11. The van der Waals surface area contributed by atoms with Crippen molar-refractivity contribution in [2.45, 2.75) is 26.7 Å². The predicted molar refractivity (Wildman–Crippen MR) is 73.9 cm³/mol.